The third kappa shape index (κ3) is 4.70. The van der Waals surface area contributed by atoms with Crippen molar-refractivity contribution in [3.05, 3.63) is 6.33 Å². The molecule has 0 bridgehead atoms. The fourth-order valence-corrected chi connectivity index (χ4v) is 1.31. The van der Waals surface area contributed by atoms with Crippen molar-refractivity contribution in [3.8, 4) is 0 Å². The number of sulfonamides is 1. The molecule has 5 N–H and O–H groups in total. The number of rotatable bonds is 5. The number of nitrogen functional groups attached to an aromatic ring is 1. The second kappa shape index (κ2) is 4.90. The molecular formula is C6H12N6O3S. The second-order valence-electron chi connectivity index (χ2n) is 3.02. The van der Waals surface area contributed by atoms with Gasteiger partial charge in [-0.15, -0.1) is 5.10 Å². The predicted octanol–water partition coefficient (Wildman–Crippen LogP) is -2.73. The molecule has 0 radical (unpaired) electrons. The molecular weight excluding hydrogens is 236 g/mol. The molecule has 1 heterocycles. The summed E-state index contributed by atoms with van der Waals surface area (Å²) in [6.07, 6.45) is 1.30. The highest BCUT2D eigenvalue weighted by Crippen LogP contribution is 1.88. The van der Waals surface area contributed by atoms with Gasteiger partial charge in [0.05, 0.1) is 5.75 Å². The van der Waals surface area contributed by atoms with E-state index in [1.165, 1.54) is 11.0 Å². The fourth-order valence-electron chi connectivity index (χ4n) is 0.921. The normalized spacial score (nSPS) is 11.3. The van der Waals surface area contributed by atoms with Crippen LogP contribution < -0.4 is 16.2 Å². The number of nitrogens with one attached hydrogen (secondary N) is 1. The van der Waals surface area contributed by atoms with Gasteiger partial charge in [0, 0.05) is 6.54 Å². The summed E-state index contributed by atoms with van der Waals surface area (Å²) in [6, 6.07) is 0. The molecule has 0 aliphatic carbocycles. The van der Waals surface area contributed by atoms with Crippen LogP contribution in [0.15, 0.2) is 6.33 Å². The van der Waals surface area contributed by atoms with Crippen LogP contribution in [-0.4, -0.2) is 41.4 Å². The minimum atomic E-state index is -3.56. The highest BCUT2D eigenvalue weighted by Gasteiger charge is 2.06. The first kappa shape index (κ1) is 12.4. The summed E-state index contributed by atoms with van der Waals surface area (Å²) in [5.41, 5.74) is 5.24. The van der Waals surface area contributed by atoms with Gasteiger partial charge in [-0.1, -0.05) is 0 Å². The summed E-state index contributed by atoms with van der Waals surface area (Å²) < 4.78 is 22.4. The number of hydrogen-bond donors (Lipinski definition) is 3. The monoisotopic (exact) mass is 248 g/mol. The summed E-state index contributed by atoms with van der Waals surface area (Å²) in [5, 5.41) is 10.8. The highest BCUT2D eigenvalue weighted by molar-refractivity contribution is 7.89. The van der Waals surface area contributed by atoms with Crippen molar-refractivity contribution in [1.29, 1.82) is 0 Å². The molecule has 90 valence electrons. The van der Waals surface area contributed by atoms with E-state index in [9.17, 15) is 13.2 Å². The molecule has 1 aromatic rings. The summed E-state index contributed by atoms with van der Waals surface area (Å²) in [6.45, 7) is -0.114. The van der Waals surface area contributed by atoms with E-state index in [2.05, 4.69) is 15.4 Å². The van der Waals surface area contributed by atoms with Crippen LogP contribution in [0, 0.1) is 0 Å². The molecule has 9 nitrogen and oxygen atoms in total. The third-order valence-corrected chi connectivity index (χ3v) is 2.34. The zero-order valence-corrected chi connectivity index (χ0v) is 9.14. The number of nitrogens with zero attached hydrogens (tertiary/aromatic N) is 3. The number of carbonyl (C=O) groups excluding carboxylic acids is 1. The first-order chi connectivity index (χ1) is 7.37. The van der Waals surface area contributed by atoms with E-state index >= 15 is 0 Å². The summed E-state index contributed by atoms with van der Waals surface area (Å²) >= 11 is 0. The smallest absolute Gasteiger partial charge is 0.241 e. The van der Waals surface area contributed by atoms with Gasteiger partial charge in [0.1, 0.15) is 12.9 Å². The van der Waals surface area contributed by atoms with Crippen LogP contribution in [0.2, 0.25) is 0 Å². The number of anilines is 1. The Labute approximate surface area is 91.9 Å². The van der Waals surface area contributed by atoms with Gasteiger partial charge in [0.2, 0.25) is 21.9 Å². The predicted molar refractivity (Wildman–Crippen MR) is 55.4 cm³/mol. The third-order valence-electron chi connectivity index (χ3n) is 1.57. The molecule has 0 saturated heterocycles. The van der Waals surface area contributed by atoms with Gasteiger partial charge >= 0.3 is 0 Å². The molecule has 0 spiro atoms. The topological polar surface area (TPSA) is 146 Å². The van der Waals surface area contributed by atoms with Crippen LogP contribution in [0.25, 0.3) is 0 Å². The molecule has 1 aromatic heterocycles. The number of carbonyl (C=O) groups is 1. The Kier molecular flexibility index (Phi) is 3.79. The Morgan fingerprint density at radius 1 is 1.56 bits per heavy atom. The molecule has 0 aliphatic heterocycles. The molecule has 0 saturated carbocycles. The Hall–Kier alpha value is -1.68. The van der Waals surface area contributed by atoms with Gasteiger partial charge in [0.25, 0.3) is 0 Å². The van der Waals surface area contributed by atoms with Crippen LogP contribution in [-0.2, 0) is 21.4 Å². The molecule has 0 atom stereocenters. The van der Waals surface area contributed by atoms with Crippen molar-refractivity contribution in [2.45, 2.75) is 6.54 Å². The standard InChI is InChI=1S/C6H12N6O3S/c7-6-10-4-12(11-6)3-5(13)9-1-2-16(8,14)15/h4H,1-3H2,(H2,7,11)(H,9,13)(H2,8,14,15). The average Bonchev–Trinajstić information content (AvgIpc) is 2.48. The van der Waals surface area contributed by atoms with Gasteiger partial charge in [-0.2, -0.15) is 0 Å². The minimum absolute atomic E-state index is 0.0398. The summed E-state index contributed by atoms with van der Waals surface area (Å²) in [5.74, 6) is -0.635. The van der Waals surface area contributed by atoms with E-state index in [4.69, 9.17) is 10.9 Å². The number of nitrogens with two attached hydrogens (primary N) is 2. The lowest BCUT2D eigenvalue weighted by atomic mass is 10.5. The maximum atomic E-state index is 11.2. The van der Waals surface area contributed by atoms with Crippen LogP contribution in [0.5, 0.6) is 0 Å². The SMILES string of the molecule is Nc1ncn(CC(=O)NCCS(N)(=O)=O)n1. The van der Waals surface area contributed by atoms with Crippen LogP contribution in [0.1, 0.15) is 0 Å². The minimum Gasteiger partial charge on any atom is -0.367 e. The van der Waals surface area contributed by atoms with Crippen LogP contribution >= 0.6 is 0 Å². The Morgan fingerprint density at radius 2 is 2.25 bits per heavy atom. The molecule has 0 fully saturated rings. The van der Waals surface area contributed by atoms with Crippen LogP contribution in [0.4, 0.5) is 5.95 Å². The summed E-state index contributed by atoms with van der Waals surface area (Å²) in [4.78, 5) is 14.9. The van der Waals surface area contributed by atoms with E-state index in [0.717, 1.165) is 0 Å². The van der Waals surface area contributed by atoms with Gasteiger partial charge in [-0.05, 0) is 0 Å². The van der Waals surface area contributed by atoms with Gasteiger partial charge in [-0.3, -0.25) is 4.79 Å². The molecule has 0 unspecified atom stereocenters. The van der Waals surface area contributed by atoms with E-state index in [-0.39, 0.29) is 24.8 Å². The molecule has 1 rings (SSSR count). The maximum Gasteiger partial charge on any atom is 0.241 e. The average molecular weight is 248 g/mol. The number of hydrogen-bond acceptors (Lipinski definition) is 6. The van der Waals surface area contributed by atoms with Crippen molar-refractivity contribution in [3.63, 3.8) is 0 Å². The lowest BCUT2D eigenvalue weighted by Gasteiger charge is -2.03. The van der Waals surface area contributed by atoms with E-state index in [1.54, 1.807) is 0 Å². The Morgan fingerprint density at radius 3 is 2.75 bits per heavy atom. The molecule has 1 amide bonds. The number of amides is 1. The fraction of sp³-hybridized carbons (Fsp3) is 0.500. The van der Waals surface area contributed by atoms with Gasteiger partial charge < -0.3 is 11.1 Å². The highest BCUT2D eigenvalue weighted by atomic mass is 32.2. The summed E-state index contributed by atoms with van der Waals surface area (Å²) in [7, 11) is -3.56. The zero-order chi connectivity index (χ0) is 12.2. The van der Waals surface area contributed by atoms with E-state index in [1.807, 2.05) is 0 Å². The van der Waals surface area contributed by atoms with Crippen molar-refractivity contribution in [2.75, 3.05) is 18.0 Å². The first-order valence-electron chi connectivity index (χ1n) is 4.29. The van der Waals surface area contributed by atoms with Gasteiger partial charge in [0.15, 0.2) is 0 Å². The van der Waals surface area contributed by atoms with Crippen molar-refractivity contribution in [1.82, 2.24) is 20.1 Å². The Bertz CT molecular complexity index is 466. The quantitative estimate of drug-likeness (QED) is 0.515. The number of aromatic nitrogens is 3. The van der Waals surface area contributed by atoms with E-state index in [0.29, 0.717) is 0 Å². The largest absolute Gasteiger partial charge is 0.367 e. The zero-order valence-electron chi connectivity index (χ0n) is 8.33. The molecule has 0 aliphatic rings. The lowest BCUT2D eigenvalue weighted by Crippen LogP contribution is -2.33. The molecule has 0 aromatic carbocycles. The van der Waals surface area contributed by atoms with Crippen LogP contribution in [0.3, 0.4) is 0 Å². The Balaban J connectivity index is 2.32. The lowest BCUT2D eigenvalue weighted by molar-refractivity contribution is -0.121. The second-order valence-corrected chi connectivity index (χ2v) is 4.75. The van der Waals surface area contributed by atoms with Crippen molar-refractivity contribution in [2.24, 2.45) is 5.14 Å². The van der Waals surface area contributed by atoms with Crippen molar-refractivity contribution < 1.29 is 13.2 Å². The molecule has 16 heavy (non-hydrogen) atoms. The van der Waals surface area contributed by atoms with Gasteiger partial charge in [-0.25, -0.2) is 23.2 Å². The molecule has 10 heteroatoms. The van der Waals surface area contributed by atoms with Crippen molar-refractivity contribution >= 4 is 21.9 Å². The van der Waals surface area contributed by atoms with E-state index < -0.39 is 15.9 Å². The maximum absolute atomic E-state index is 11.2. The number of primary sulfonamides is 1. The first-order valence-corrected chi connectivity index (χ1v) is 6.00.